The van der Waals surface area contributed by atoms with Crippen LogP contribution in [0.15, 0.2) is 71.6 Å². The lowest BCUT2D eigenvalue weighted by atomic mass is 10.1. The number of hydrogen-bond acceptors (Lipinski definition) is 3. The van der Waals surface area contributed by atoms with Gasteiger partial charge in [-0.1, -0.05) is 35.4 Å². The fourth-order valence-electron chi connectivity index (χ4n) is 2.68. The molecule has 0 aliphatic rings. The number of carbonyl (C=O) groups excluding carboxylic acids is 1. The number of sulfonamides is 1. The van der Waals surface area contributed by atoms with Crippen LogP contribution in [0, 0.1) is 20.8 Å². The van der Waals surface area contributed by atoms with Gasteiger partial charge >= 0.3 is 0 Å². The Morgan fingerprint density at radius 1 is 0.786 bits per heavy atom. The summed E-state index contributed by atoms with van der Waals surface area (Å²) in [6, 6.07) is 19.0. The maximum absolute atomic E-state index is 12.6. The van der Waals surface area contributed by atoms with Crippen LogP contribution in [0.1, 0.15) is 27.0 Å². The molecule has 0 saturated heterocycles. The zero-order valence-corrected chi connectivity index (χ0v) is 16.8. The summed E-state index contributed by atoms with van der Waals surface area (Å²) in [5.74, 6) is -0.250. The minimum absolute atomic E-state index is 0.193. The molecule has 0 heterocycles. The van der Waals surface area contributed by atoms with Crippen LogP contribution < -0.4 is 10.0 Å². The molecule has 3 aromatic carbocycles. The predicted octanol–water partition coefficient (Wildman–Crippen LogP) is 4.66. The third-order valence-corrected chi connectivity index (χ3v) is 5.76. The van der Waals surface area contributed by atoms with Gasteiger partial charge in [0.2, 0.25) is 0 Å². The molecule has 0 aromatic heterocycles. The molecule has 5 nitrogen and oxygen atoms in total. The summed E-state index contributed by atoms with van der Waals surface area (Å²) in [4.78, 5) is 12.6. The highest BCUT2D eigenvalue weighted by Crippen LogP contribution is 2.22. The van der Waals surface area contributed by atoms with Gasteiger partial charge in [-0.05, 0) is 68.8 Å². The van der Waals surface area contributed by atoms with E-state index in [1.807, 2.05) is 38.1 Å². The Kier molecular flexibility index (Phi) is 5.51. The Hall–Kier alpha value is -3.12. The number of amides is 1. The van der Waals surface area contributed by atoms with Gasteiger partial charge in [-0.3, -0.25) is 9.52 Å². The first-order valence-corrected chi connectivity index (χ1v) is 10.3. The number of nitrogens with one attached hydrogen (secondary N) is 2. The topological polar surface area (TPSA) is 75.3 Å². The van der Waals surface area contributed by atoms with Gasteiger partial charge in [0.25, 0.3) is 15.9 Å². The number of carbonyl (C=O) groups is 1. The van der Waals surface area contributed by atoms with Crippen LogP contribution in [0.2, 0.25) is 0 Å². The third-order valence-electron chi connectivity index (χ3n) is 4.37. The van der Waals surface area contributed by atoms with Crippen LogP contribution >= 0.6 is 0 Å². The Labute approximate surface area is 165 Å². The number of hydrogen-bond donors (Lipinski definition) is 2. The lowest BCUT2D eigenvalue weighted by molar-refractivity contribution is 0.102. The normalized spacial score (nSPS) is 11.1. The summed E-state index contributed by atoms with van der Waals surface area (Å²) >= 11 is 0. The van der Waals surface area contributed by atoms with Crippen molar-refractivity contribution < 1.29 is 13.2 Å². The molecule has 0 aliphatic carbocycles. The molecule has 0 atom stereocenters. The van der Waals surface area contributed by atoms with E-state index in [-0.39, 0.29) is 10.8 Å². The Balaban J connectivity index is 1.77. The van der Waals surface area contributed by atoms with E-state index in [0.717, 1.165) is 11.1 Å². The second-order valence-electron chi connectivity index (χ2n) is 6.77. The van der Waals surface area contributed by atoms with Crippen molar-refractivity contribution in [2.24, 2.45) is 0 Å². The first-order chi connectivity index (χ1) is 13.2. The van der Waals surface area contributed by atoms with E-state index in [9.17, 15) is 13.2 Å². The summed E-state index contributed by atoms with van der Waals surface area (Å²) in [6.07, 6.45) is 0. The average molecular weight is 394 g/mol. The lowest BCUT2D eigenvalue weighted by Crippen LogP contribution is -2.15. The van der Waals surface area contributed by atoms with Crippen molar-refractivity contribution in [2.75, 3.05) is 10.0 Å². The number of benzene rings is 3. The van der Waals surface area contributed by atoms with Gasteiger partial charge in [-0.15, -0.1) is 0 Å². The smallest absolute Gasteiger partial charge is 0.261 e. The molecular formula is C22H22N2O3S. The van der Waals surface area contributed by atoms with Gasteiger partial charge in [0.15, 0.2) is 0 Å². The number of aryl methyl sites for hydroxylation is 3. The average Bonchev–Trinajstić information content (AvgIpc) is 2.65. The van der Waals surface area contributed by atoms with Crippen LogP contribution in [0.5, 0.6) is 0 Å². The first kappa shape index (κ1) is 19.6. The molecule has 0 bridgehead atoms. The van der Waals surface area contributed by atoms with Gasteiger partial charge < -0.3 is 5.32 Å². The minimum atomic E-state index is -3.69. The fourth-order valence-corrected chi connectivity index (χ4v) is 3.81. The van der Waals surface area contributed by atoms with Gasteiger partial charge in [0.1, 0.15) is 0 Å². The summed E-state index contributed by atoms with van der Waals surface area (Å²) in [5.41, 5.74) is 4.35. The van der Waals surface area contributed by atoms with Crippen molar-refractivity contribution in [3.8, 4) is 0 Å². The molecule has 0 unspecified atom stereocenters. The molecule has 0 aliphatic heterocycles. The van der Waals surface area contributed by atoms with Crippen molar-refractivity contribution in [3.05, 3.63) is 89.0 Å². The van der Waals surface area contributed by atoms with Crippen molar-refractivity contribution in [2.45, 2.75) is 25.7 Å². The summed E-state index contributed by atoms with van der Waals surface area (Å²) in [7, 11) is -3.69. The van der Waals surface area contributed by atoms with E-state index in [0.29, 0.717) is 22.5 Å². The van der Waals surface area contributed by atoms with Crippen LogP contribution in [0.25, 0.3) is 0 Å². The zero-order valence-electron chi connectivity index (χ0n) is 16.0. The Morgan fingerprint density at radius 2 is 1.36 bits per heavy atom. The summed E-state index contributed by atoms with van der Waals surface area (Å²) in [6.45, 7) is 5.63. The molecule has 1 amide bonds. The zero-order chi connectivity index (χ0) is 20.3. The molecule has 3 aromatic rings. The first-order valence-electron chi connectivity index (χ1n) is 8.83. The van der Waals surface area contributed by atoms with Crippen molar-refractivity contribution in [3.63, 3.8) is 0 Å². The molecule has 3 rings (SSSR count). The quantitative estimate of drug-likeness (QED) is 0.661. The highest BCUT2D eigenvalue weighted by atomic mass is 32.2. The minimum Gasteiger partial charge on any atom is -0.322 e. The second kappa shape index (κ2) is 7.86. The predicted molar refractivity (Wildman–Crippen MR) is 112 cm³/mol. The maximum Gasteiger partial charge on any atom is 0.261 e. The molecular weight excluding hydrogens is 372 g/mol. The maximum atomic E-state index is 12.6. The highest BCUT2D eigenvalue weighted by molar-refractivity contribution is 7.92. The van der Waals surface area contributed by atoms with E-state index in [1.165, 1.54) is 0 Å². The largest absolute Gasteiger partial charge is 0.322 e. The second-order valence-corrected chi connectivity index (χ2v) is 8.45. The number of rotatable bonds is 5. The molecule has 0 saturated carbocycles. The molecule has 0 spiro atoms. The molecule has 0 radical (unpaired) electrons. The Bertz CT molecular complexity index is 1100. The molecule has 28 heavy (non-hydrogen) atoms. The van der Waals surface area contributed by atoms with Crippen LogP contribution in [-0.2, 0) is 10.0 Å². The van der Waals surface area contributed by atoms with Crippen molar-refractivity contribution in [1.29, 1.82) is 0 Å². The molecule has 2 N–H and O–H groups in total. The van der Waals surface area contributed by atoms with Crippen LogP contribution in [-0.4, -0.2) is 14.3 Å². The monoisotopic (exact) mass is 394 g/mol. The van der Waals surface area contributed by atoms with E-state index in [4.69, 9.17) is 0 Å². The molecule has 0 fully saturated rings. The van der Waals surface area contributed by atoms with E-state index in [2.05, 4.69) is 10.0 Å². The standard InChI is InChI=1S/C22H22N2O3S/c1-15-4-9-19(10-5-15)23-22(25)18-8-13-21(17(3)14-18)24-28(26,27)20-11-6-16(2)7-12-20/h4-14,24H,1-3H3,(H,23,25). The van der Waals surface area contributed by atoms with E-state index in [1.54, 1.807) is 49.4 Å². The van der Waals surface area contributed by atoms with Gasteiger partial charge in [0.05, 0.1) is 10.6 Å². The van der Waals surface area contributed by atoms with Crippen LogP contribution in [0.3, 0.4) is 0 Å². The molecule has 144 valence electrons. The van der Waals surface area contributed by atoms with Crippen molar-refractivity contribution in [1.82, 2.24) is 0 Å². The molecule has 6 heteroatoms. The highest BCUT2D eigenvalue weighted by Gasteiger charge is 2.16. The SMILES string of the molecule is Cc1ccc(NC(=O)c2ccc(NS(=O)(=O)c3ccc(C)cc3)c(C)c2)cc1. The van der Waals surface area contributed by atoms with E-state index >= 15 is 0 Å². The fraction of sp³-hybridized carbons (Fsp3) is 0.136. The van der Waals surface area contributed by atoms with Gasteiger partial charge in [0, 0.05) is 11.3 Å². The van der Waals surface area contributed by atoms with E-state index < -0.39 is 10.0 Å². The summed E-state index contributed by atoms with van der Waals surface area (Å²) < 4.78 is 27.7. The van der Waals surface area contributed by atoms with Gasteiger partial charge in [-0.25, -0.2) is 8.42 Å². The number of anilines is 2. The van der Waals surface area contributed by atoms with Crippen molar-refractivity contribution >= 4 is 27.3 Å². The van der Waals surface area contributed by atoms with Crippen LogP contribution in [0.4, 0.5) is 11.4 Å². The van der Waals surface area contributed by atoms with Gasteiger partial charge in [-0.2, -0.15) is 0 Å². The lowest BCUT2D eigenvalue weighted by Gasteiger charge is -2.12. The third kappa shape index (κ3) is 4.58. The Morgan fingerprint density at radius 3 is 1.93 bits per heavy atom. The summed E-state index contributed by atoms with van der Waals surface area (Å²) in [5, 5.41) is 2.83.